The SMILES string of the molecule is CC(C)(C)c1cc2c(cc1-c1ccccc1)[CH]([Zr]([C]1=CC=CC1)=[C](c1cccc(C(Cl)(Cl)Cl)c1)c1cccc(C(Cl)(Cl)Cl)c1)c1cc(-c3ccccc3)cc(C(C)(C)C)c1-2. The number of halogens is 6. The molecule has 1 atom stereocenters. The molecule has 0 saturated heterocycles. The van der Waals surface area contributed by atoms with Crippen LogP contribution < -0.4 is 0 Å². The quantitative estimate of drug-likeness (QED) is 0.146. The van der Waals surface area contributed by atoms with E-state index >= 15 is 0 Å². The summed E-state index contributed by atoms with van der Waals surface area (Å²) in [6.45, 7) is 14.0. The van der Waals surface area contributed by atoms with Crippen LogP contribution in [0, 0.1) is 0 Å². The third kappa shape index (κ3) is 8.77. The Bertz CT molecular complexity index is 2640. The summed E-state index contributed by atoms with van der Waals surface area (Å²) in [6.07, 6.45) is 7.75. The molecule has 0 amide bonds. The molecule has 6 aromatic rings. The fourth-order valence-corrected chi connectivity index (χ4v) is 18.5. The predicted molar refractivity (Wildman–Crippen MR) is 258 cm³/mol. The van der Waals surface area contributed by atoms with Gasteiger partial charge in [-0.15, -0.1) is 0 Å². The molecule has 0 spiro atoms. The van der Waals surface area contributed by atoms with Crippen molar-refractivity contribution >= 4 is 72.8 Å². The molecule has 2 aliphatic rings. The van der Waals surface area contributed by atoms with Crippen LogP contribution in [-0.4, -0.2) is 3.21 Å². The minimum atomic E-state index is -3.37. The Hall–Kier alpha value is -2.71. The van der Waals surface area contributed by atoms with Gasteiger partial charge in [-0.3, -0.25) is 0 Å². The second-order valence-electron chi connectivity index (χ2n) is 17.9. The molecule has 0 fully saturated rings. The monoisotopic (exact) mass is 982 g/mol. The molecular formula is C53H46Cl6Zr. The van der Waals surface area contributed by atoms with Crippen molar-refractivity contribution in [3.05, 3.63) is 199 Å². The van der Waals surface area contributed by atoms with Crippen LogP contribution in [0.1, 0.15) is 96.1 Å². The first kappa shape index (κ1) is 43.9. The van der Waals surface area contributed by atoms with Gasteiger partial charge in [-0.2, -0.15) is 0 Å². The first-order valence-corrected chi connectivity index (χ1v) is 26.4. The van der Waals surface area contributed by atoms with E-state index in [1.807, 2.05) is 24.3 Å². The van der Waals surface area contributed by atoms with E-state index in [-0.39, 0.29) is 14.5 Å². The van der Waals surface area contributed by atoms with Crippen molar-refractivity contribution in [2.24, 2.45) is 0 Å². The van der Waals surface area contributed by atoms with Crippen molar-refractivity contribution in [1.82, 2.24) is 0 Å². The fourth-order valence-electron chi connectivity index (χ4n) is 8.93. The molecule has 0 radical (unpaired) electrons. The van der Waals surface area contributed by atoms with Gasteiger partial charge in [0.05, 0.1) is 0 Å². The maximum absolute atomic E-state index is 6.66. The third-order valence-corrected chi connectivity index (χ3v) is 21.3. The molecule has 304 valence electrons. The van der Waals surface area contributed by atoms with Crippen LogP contribution in [-0.2, 0) is 39.7 Å². The number of alkyl halides is 6. The Morgan fingerprint density at radius 1 is 0.517 bits per heavy atom. The second-order valence-corrected chi connectivity index (χ2v) is 28.7. The average Bonchev–Trinajstić information content (AvgIpc) is 3.85. The first-order valence-electron chi connectivity index (χ1n) is 20.2. The number of hydrogen-bond acceptors (Lipinski definition) is 0. The number of rotatable bonds is 6. The Morgan fingerprint density at radius 3 is 1.57 bits per heavy atom. The van der Waals surface area contributed by atoms with Crippen molar-refractivity contribution in [1.29, 1.82) is 0 Å². The number of benzene rings is 6. The van der Waals surface area contributed by atoms with Crippen LogP contribution >= 0.6 is 69.6 Å². The molecule has 1 unspecified atom stereocenters. The van der Waals surface area contributed by atoms with Gasteiger partial charge in [0, 0.05) is 0 Å². The molecule has 7 heteroatoms. The minimum absolute atomic E-state index is 0.0626. The van der Waals surface area contributed by atoms with Gasteiger partial charge in [-0.1, -0.05) is 0 Å². The Kier molecular flexibility index (Phi) is 12.3. The molecule has 0 saturated carbocycles. The van der Waals surface area contributed by atoms with Crippen LogP contribution in [0.25, 0.3) is 33.4 Å². The standard InChI is InChI=1S/C33H33.C15H8Cl6.C5H5.Zr/c1-32(2,3)29-21-28-25(19-27(29)23-15-11-8-12-16-23)18-26-17-24(22-13-9-7-10-14-22)20-30(31(26)28)33(4,5)6;16-14(17,18)12-5-1-3-10(8-12)7-11-4-2-6-13(9-11)15(19,20)21;1-2-4-5-3-1;/h7-21H,1-6H3;1-6,8-9H;1-3H,4H2;. The van der Waals surface area contributed by atoms with E-state index in [0.717, 1.165) is 17.5 Å². The molecule has 6 aromatic carbocycles. The molecule has 0 aliphatic heterocycles. The van der Waals surface area contributed by atoms with Gasteiger partial charge < -0.3 is 0 Å². The van der Waals surface area contributed by atoms with Gasteiger partial charge in [-0.25, -0.2) is 0 Å². The summed E-state index contributed by atoms with van der Waals surface area (Å²) in [4.78, 5) is 0. The summed E-state index contributed by atoms with van der Waals surface area (Å²) in [6, 6.07) is 47.9. The van der Waals surface area contributed by atoms with E-state index in [2.05, 4.69) is 169 Å². The first-order chi connectivity index (χ1) is 28.3. The van der Waals surface area contributed by atoms with Crippen LogP contribution in [0.2, 0.25) is 0 Å². The summed E-state index contributed by atoms with van der Waals surface area (Å²) >= 11 is 36.6. The zero-order valence-corrected chi connectivity index (χ0v) is 41.5. The van der Waals surface area contributed by atoms with Crippen molar-refractivity contribution in [2.45, 2.75) is 70.0 Å². The van der Waals surface area contributed by atoms with Gasteiger partial charge in [0.1, 0.15) is 0 Å². The van der Waals surface area contributed by atoms with E-state index in [9.17, 15) is 0 Å². The summed E-state index contributed by atoms with van der Waals surface area (Å²) in [7, 11) is 0. The van der Waals surface area contributed by atoms with E-state index in [0.29, 0.717) is 11.1 Å². The number of fused-ring (bicyclic) bond motifs is 3. The molecule has 0 bridgehead atoms. The third-order valence-electron chi connectivity index (χ3n) is 11.7. The van der Waals surface area contributed by atoms with Gasteiger partial charge in [0.2, 0.25) is 0 Å². The van der Waals surface area contributed by atoms with Gasteiger partial charge >= 0.3 is 397 Å². The van der Waals surface area contributed by atoms with E-state index < -0.39 is 28.9 Å². The van der Waals surface area contributed by atoms with Gasteiger partial charge in [0.25, 0.3) is 0 Å². The van der Waals surface area contributed by atoms with Gasteiger partial charge in [-0.05, 0) is 0 Å². The van der Waals surface area contributed by atoms with E-state index in [1.54, 1.807) is 0 Å². The summed E-state index contributed by atoms with van der Waals surface area (Å²) < 4.78 is -0.450. The van der Waals surface area contributed by atoms with Crippen molar-refractivity contribution in [3.8, 4) is 33.4 Å². The number of allylic oxidation sites excluding steroid dienone is 4. The Morgan fingerprint density at radius 2 is 1.07 bits per heavy atom. The molecule has 0 heterocycles. The Balaban J connectivity index is 1.59. The zero-order valence-electron chi connectivity index (χ0n) is 34.5. The fraction of sp³-hybridized carbons (Fsp3) is 0.226. The molecule has 60 heavy (non-hydrogen) atoms. The van der Waals surface area contributed by atoms with Crippen molar-refractivity contribution in [2.75, 3.05) is 0 Å². The molecule has 0 N–H and O–H groups in total. The van der Waals surface area contributed by atoms with Crippen molar-refractivity contribution < 1.29 is 21.3 Å². The molecule has 0 nitrogen and oxygen atoms in total. The van der Waals surface area contributed by atoms with Gasteiger partial charge in [0.15, 0.2) is 0 Å². The predicted octanol–water partition coefficient (Wildman–Crippen LogP) is 17.1. The molecule has 2 aliphatic carbocycles. The van der Waals surface area contributed by atoms with Crippen LogP contribution in [0.4, 0.5) is 0 Å². The van der Waals surface area contributed by atoms with Crippen LogP contribution in [0.15, 0.2) is 155 Å². The molecule has 0 aromatic heterocycles. The van der Waals surface area contributed by atoms with Crippen LogP contribution in [0.3, 0.4) is 0 Å². The Labute approximate surface area is 393 Å². The molecule has 8 rings (SSSR count). The summed E-state index contributed by atoms with van der Waals surface area (Å²) in [5.41, 5.74) is 15.9. The van der Waals surface area contributed by atoms with Crippen LogP contribution in [0.5, 0.6) is 0 Å². The normalized spacial score (nSPS) is 15.1. The van der Waals surface area contributed by atoms with E-state index in [1.165, 1.54) is 62.1 Å². The second kappa shape index (κ2) is 16.8. The van der Waals surface area contributed by atoms with Crippen molar-refractivity contribution in [3.63, 3.8) is 0 Å². The summed E-state index contributed by atoms with van der Waals surface area (Å²) in [5, 5.41) is 0. The average molecular weight is 987 g/mol. The maximum atomic E-state index is 6.66. The summed E-state index contributed by atoms with van der Waals surface area (Å²) in [5.74, 6) is 0. The van der Waals surface area contributed by atoms with E-state index in [4.69, 9.17) is 69.6 Å². The molecular weight excluding hydrogens is 941 g/mol. The topological polar surface area (TPSA) is 0 Å². The number of hydrogen-bond donors (Lipinski definition) is 0. The zero-order chi connectivity index (χ0) is 42.8.